The first-order valence-corrected chi connectivity index (χ1v) is 6.96. The maximum absolute atomic E-state index is 12.2. The molecule has 0 atom stereocenters. The van der Waals surface area contributed by atoms with Crippen molar-refractivity contribution >= 4 is 11.6 Å². The zero-order valence-corrected chi connectivity index (χ0v) is 11.8. The topological polar surface area (TPSA) is 78.4 Å². The van der Waals surface area contributed by atoms with Crippen LogP contribution in [-0.2, 0) is 0 Å². The van der Waals surface area contributed by atoms with E-state index in [1.165, 1.54) is 18.6 Å². The predicted octanol–water partition coefficient (Wildman–Crippen LogP) is 2.09. The Hall–Kier alpha value is -2.76. The predicted molar refractivity (Wildman–Crippen MR) is 77.4 cm³/mol. The fraction of sp³-hybridized carbons (Fsp3) is 0.250. The molecule has 0 radical (unpaired) electrons. The molecule has 1 aliphatic heterocycles. The molecule has 1 aliphatic rings. The third-order valence-corrected chi connectivity index (χ3v) is 3.31. The quantitative estimate of drug-likeness (QED) is 0.786. The number of hydrogen-bond acceptors (Lipinski definition) is 6. The van der Waals surface area contributed by atoms with Crippen molar-refractivity contribution in [3.8, 4) is 11.5 Å². The molecular formula is C16H14N2O4. The largest absolute Gasteiger partial charge is 0.486 e. The van der Waals surface area contributed by atoms with Crippen LogP contribution in [0.4, 0.5) is 0 Å². The molecule has 0 saturated heterocycles. The van der Waals surface area contributed by atoms with Gasteiger partial charge in [0.1, 0.15) is 25.2 Å². The molecule has 1 aromatic heterocycles. The highest BCUT2D eigenvalue weighted by Crippen LogP contribution is 2.31. The van der Waals surface area contributed by atoms with E-state index in [1.54, 1.807) is 18.2 Å². The number of hydrogen-bond donors (Lipinski definition) is 0. The van der Waals surface area contributed by atoms with Crippen molar-refractivity contribution in [2.24, 2.45) is 0 Å². The molecule has 0 aliphatic carbocycles. The highest BCUT2D eigenvalue weighted by Gasteiger charge is 2.16. The molecule has 2 heterocycles. The van der Waals surface area contributed by atoms with Crippen LogP contribution in [0.5, 0.6) is 11.5 Å². The summed E-state index contributed by atoms with van der Waals surface area (Å²) in [5.74, 6) is 0.923. The minimum atomic E-state index is -0.173. The van der Waals surface area contributed by atoms with Crippen LogP contribution in [0.2, 0.25) is 0 Å². The third kappa shape index (κ3) is 3.11. The molecule has 0 saturated carbocycles. The molecule has 112 valence electrons. The van der Waals surface area contributed by atoms with E-state index in [0.29, 0.717) is 36.0 Å². The van der Waals surface area contributed by atoms with E-state index in [9.17, 15) is 9.59 Å². The molecule has 0 fully saturated rings. The highest BCUT2D eigenvalue weighted by atomic mass is 16.6. The molecule has 22 heavy (non-hydrogen) atoms. The number of carbonyl (C=O) groups excluding carboxylic acids is 2. The van der Waals surface area contributed by atoms with Crippen LogP contribution in [-0.4, -0.2) is 34.7 Å². The summed E-state index contributed by atoms with van der Waals surface area (Å²) in [6, 6.07) is 6.60. The first kappa shape index (κ1) is 14.2. The fourth-order valence-electron chi connectivity index (χ4n) is 2.17. The second kappa shape index (κ2) is 6.34. The number of fused-ring (bicyclic) bond motifs is 1. The number of rotatable bonds is 5. The van der Waals surface area contributed by atoms with Gasteiger partial charge in [0, 0.05) is 24.6 Å². The summed E-state index contributed by atoms with van der Waals surface area (Å²) in [5.41, 5.74) is 0.838. The summed E-state index contributed by atoms with van der Waals surface area (Å²) in [6.45, 7) is 0.977. The van der Waals surface area contributed by atoms with Gasteiger partial charge in [0.25, 0.3) is 0 Å². The second-order valence-corrected chi connectivity index (χ2v) is 4.80. The van der Waals surface area contributed by atoms with Crippen LogP contribution < -0.4 is 9.47 Å². The van der Waals surface area contributed by atoms with Crippen molar-refractivity contribution in [3.05, 3.63) is 48.0 Å². The van der Waals surface area contributed by atoms with Crippen LogP contribution in [0.1, 0.15) is 33.7 Å². The SMILES string of the molecule is O=C(CCC(=O)c1ccncn1)c1ccc2c(c1)OCCO2. The Kier molecular flexibility index (Phi) is 4.09. The Morgan fingerprint density at radius 2 is 1.77 bits per heavy atom. The van der Waals surface area contributed by atoms with Crippen molar-refractivity contribution in [2.75, 3.05) is 13.2 Å². The average Bonchev–Trinajstić information content (AvgIpc) is 2.59. The van der Waals surface area contributed by atoms with Gasteiger partial charge in [-0.3, -0.25) is 9.59 Å². The number of aromatic nitrogens is 2. The monoisotopic (exact) mass is 298 g/mol. The van der Waals surface area contributed by atoms with Gasteiger partial charge in [-0.15, -0.1) is 0 Å². The summed E-state index contributed by atoms with van der Waals surface area (Å²) in [5, 5.41) is 0. The van der Waals surface area contributed by atoms with E-state index < -0.39 is 0 Å². The van der Waals surface area contributed by atoms with Gasteiger partial charge in [0.15, 0.2) is 23.1 Å². The van der Waals surface area contributed by atoms with Gasteiger partial charge in [0.05, 0.1) is 0 Å². The van der Waals surface area contributed by atoms with Crippen LogP contribution in [0, 0.1) is 0 Å². The van der Waals surface area contributed by atoms with Crippen molar-refractivity contribution in [1.29, 1.82) is 0 Å². The summed E-state index contributed by atoms with van der Waals surface area (Å²) in [6.07, 6.45) is 3.06. The Labute approximate surface area is 127 Å². The van der Waals surface area contributed by atoms with Crippen molar-refractivity contribution in [3.63, 3.8) is 0 Å². The number of Topliss-reactive ketones (excluding diaryl/α,β-unsaturated/α-hetero) is 2. The van der Waals surface area contributed by atoms with Crippen molar-refractivity contribution in [2.45, 2.75) is 12.8 Å². The van der Waals surface area contributed by atoms with Gasteiger partial charge in [0.2, 0.25) is 0 Å². The lowest BCUT2D eigenvalue weighted by Gasteiger charge is -2.18. The van der Waals surface area contributed by atoms with Crippen molar-refractivity contribution < 1.29 is 19.1 Å². The fourth-order valence-corrected chi connectivity index (χ4v) is 2.17. The number of carbonyl (C=O) groups is 2. The number of nitrogens with zero attached hydrogens (tertiary/aromatic N) is 2. The Morgan fingerprint density at radius 3 is 2.55 bits per heavy atom. The summed E-state index contributed by atoms with van der Waals surface area (Å²) < 4.78 is 10.9. The molecule has 0 unspecified atom stereocenters. The normalized spacial score (nSPS) is 12.7. The van der Waals surface area contributed by atoms with Crippen LogP contribution in [0.3, 0.4) is 0 Å². The second-order valence-electron chi connectivity index (χ2n) is 4.80. The molecule has 2 aromatic rings. The lowest BCUT2D eigenvalue weighted by atomic mass is 10.0. The van der Waals surface area contributed by atoms with E-state index in [1.807, 2.05) is 0 Å². The lowest BCUT2D eigenvalue weighted by Crippen LogP contribution is -2.16. The minimum Gasteiger partial charge on any atom is -0.486 e. The molecule has 3 rings (SSSR count). The molecule has 0 amide bonds. The van der Waals surface area contributed by atoms with Gasteiger partial charge in [-0.25, -0.2) is 9.97 Å². The standard InChI is InChI=1S/C16H14N2O4/c19-13(2-3-14(20)12-5-6-17-10-18-12)11-1-4-15-16(9-11)22-8-7-21-15/h1,4-6,9-10H,2-3,7-8H2. The summed E-state index contributed by atoms with van der Waals surface area (Å²) >= 11 is 0. The third-order valence-electron chi connectivity index (χ3n) is 3.31. The Morgan fingerprint density at radius 1 is 1.00 bits per heavy atom. The smallest absolute Gasteiger partial charge is 0.181 e. The molecule has 0 N–H and O–H groups in total. The molecular weight excluding hydrogens is 284 g/mol. The summed E-state index contributed by atoms with van der Waals surface area (Å²) in [7, 11) is 0. The van der Waals surface area contributed by atoms with Gasteiger partial charge in [-0.05, 0) is 24.3 Å². The average molecular weight is 298 g/mol. The van der Waals surface area contributed by atoms with E-state index in [2.05, 4.69) is 9.97 Å². The van der Waals surface area contributed by atoms with Gasteiger partial charge < -0.3 is 9.47 Å². The molecule has 6 heteroatoms. The van der Waals surface area contributed by atoms with Crippen LogP contribution in [0.25, 0.3) is 0 Å². The molecule has 6 nitrogen and oxygen atoms in total. The maximum atomic E-state index is 12.2. The minimum absolute atomic E-state index is 0.112. The van der Waals surface area contributed by atoms with Gasteiger partial charge >= 0.3 is 0 Å². The van der Waals surface area contributed by atoms with E-state index in [0.717, 1.165) is 0 Å². The van der Waals surface area contributed by atoms with Crippen LogP contribution >= 0.6 is 0 Å². The molecule has 0 spiro atoms. The van der Waals surface area contributed by atoms with Gasteiger partial charge in [-0.2, -0.15) is 0 Å². The first-order chi connectivity index (χ1) is 10.7. The van der Waals surface area contributed by atoms with Gasteiger partial charge in [-0.1, -0.05) is 0 Å². The molecule has 0 bridgehead atoms. The lowest BCUT2D eigenvalue weighted by molar-refractivity contribution is 0.0914. The van der Waals surface area contributed by atoms with Crippen molar-refractivity contribution in [1.82, 2.24) is 9.97 Å². The Bertz CT molecular complexity index is 701. The number of ketones is 2. The molecule has 1 aromatic carbocycles. The van der Waals surface area contributed by atoms with E-state index in [4.69, 9.17) is 9.47 Å². The zero-order chi connectivity index (χ0) is 15.4. The summed E-state index contributed by atoms with van der Waals surface area (Å²) in [4.78, 5) is 31.7. The first-order valence-electron chi connectivity index (χ1n) is 6.96. The Balaban J connectivity index is 1.64. The highest BCUT2D eigenvalue weighted by molar-refractivity contribution is 6.01. The van der Waals surface area contributed by atoms with Crippen LogP contribution in [0.15, 0.2) is 36.8 Å². The number of benzene rings is 1. The maximum Gasteiger partial charge on any atom is 0.181 e. The zero-order valence-electron chi connectivity index (χ0n) is 11.8. The van der Waals surface area contributed by atoms with E-state index >= 15 is 0 Å². The van der Waals surface area contributed by atoms with E-state index in [-0.39, 0.29) is 24.4 Å². The number of ether oxygens (including phenoxy) is 2.